The molecule has 4 nitrogen and oxygen atoms in total. The molecule has 0 amide bonds. The van der Waals surface area contributed by atoms with E-state index in [0.717, 1.165) is 57.1 Å². The summed E-state index contributed by atoms with van der Waals surface area (Å²) in [5, 5.41) is 1.20. The van der Waals surface area contributed by atoms with Gasteiger partial charge in [0.15, 0.2) is 5.78 Å². The normalized spacial score (nSPS) is 21.2. The summed E-state index contributed by atoms with van der Waals surface area (Å²) in [4.78, 5) is 17.7. The first-order chi connectivity index (χ1) is 14.5. The molecule has 1 aliphatic heterocycles. The number of nitrogens with zero attached hydrogens (tertiary/aromatic N) is 2. The van der Waals surface area contributed by atoms with Gasteiger partial charge in [0.25, 0.3) is 0 Å². The van der Waals surface area contributed by atoms with Gasteiger partial charge in [0.1, 0.15) is 4.83 Å². The van der Waals surface area contributed by atoms with Crippen molar-refractivity contribution in [3.8, 4) is 0 Å². The van der Waals surface area contributed by atoms with E-state index in [-0.39, 0.29) is 11.7 Å². The van der Waals surface area contributed by atoms with Crippen molar-refractivity contribution in [3.05, 3.63) is 46.5 Å². The van der Waals surface area contributed by atoms with E-state index in [2.05, 4.69) is 60.6 Å². The largest absolute Gasteiger partial charge is 0.379 e. The monoisotopic (exact) mass is 426 g/mol. The SMILES string of the molecule is CCC(C)CC1=CCC(C(=O)c2cc3cc(C)n(CCN4CCOCC4)c3s2)C=C1. The molecule has 2 atom stereocenters. The highest BCUT2D eigenvalue weighted by Gasteiger charge is 2.23. The van der Waals surface area contributed by atoms with Gasteiger partial charge in [0.05, 0.1) is 18.1 Å². The van der Waals surface area contributed by atoms with E-state index in [1.807, 2.05) is 0 Å². The Kier molecular flexibility index (Phi) is 6.91. The zero-order chi connectivity index (χ0) is 21.1. The van der Waals surface area contributed by atoms with Crippen LogP contribution in [0.15, 0.2) is 35.9 Å². The van der Waals surface area contributed by atoms with Gasteiger partial charge in [-0.2, -0.15) is 0 Å². The number of allylic oxidation sites excluding steroid dienone is 4. The van der Waals surface area contributed by atoms with Crippen LogP contribution in [-0.4, -0.2) is 48.1 Å². The van der Waals surface area contributed by atoms with Crippen LogP contribution in [0.5, 0.6) is 0 Å². The van der Waals surface area contributed by atoms with E-state index >= 15 is 0 Å². The smallest absolute Gasteiger partial charge is 0.180 e. The average Bonchev–Trinajstić information content (AvgIpc) is 3.30. The summed E-state index contributed by atoms with van der Waals surface area (Å²) in [6.45, 7) is 12.4. The number of aryl methyl sites for hydroxylation is 1. The first kappa shape index (κ1) is 21.5. The van der Waals surface area contributed by atoms with Gasteiger partial charge in [-0.3, -0.25) is 9.69 Å². The number of carbonyl (C=O) groups is 1. The number of hydrogen-bond acceptors (Lipinski definition) is 4. The minimum absolute atomic E-state index is 0.0173. The van der Waals surface area contributed by atoms with Crippen molar-refractivity contribution in [2.24, 2.45) is 11.8 Å². The number of thiophene rings is 1. The second-order valence-corrected chi connectivity index (χ2v) is 9.86. The number of carbonyl (C=O) groups excluding carboxylic acids is 1. The van der Waals surface area contributed by atoms with Gasteiger partial charge in [-0.15, -0.1) is 11.3 Å². The number of ketones is 1. The quantitative estimate of drug-likeness (QED) is 0.525. The van der Waals surface area contributed by atoms with E-state index < -0.39 is 0 Å². The highest BCUT2D eigenvalue weighted by molar-refractivity contribution is 7.20. The fourth-order valence-corrected chi connectivity index (χ4v) is 5.61. The maximum absolute atomic E-state index is 13.2. The van der Waals surface area contributed by atoms with Crippen molar-refractivity contribution >= 4 is 27.3 Å². The molecule has 2 aromatic heterocycles. The van der Waals surface area contributed by atoms with Gasteiger partial charge in [-0.25, -0.2) is 0 Å². The van der Waals surface area contributed by atoms with Gasteiger partial charge < -0.3 is 9.30 Å². The molecule has 162 valence electrons. The van der Waals surface area contributed by atoms with Crippen LogP contribution in [0, 0.1) is 18.8 Å². The van der Waals surface area contributed by atoms with Crippen LogP contribution >= 0.6 is 11.3 Å². The summed E-state index contributed by atoms with van der Waals surface area (Å²) >= 11 is 1.66. The Morgan fingerprint density at radius 2 is 2.07 bits per heavy atom. The van der Waals surface area contributed by atoms with Crippen molar-refractivity contribution in [3.63, 3.8) is 0 Å². The molecule has 0 N–H and O–H groups in total. The maximum atomic E-state index is 13.2. The molecule has 2 aromatic rings. The second kappa shape index (κ2) is 9.63. The van der Waals surface area contributed by atoms with Gasteiger partial charge in [0.2, 0.25) is 0 Å². The van der Waals surface area contributed by atoms with Crippen molar-refractivity contribution in [2.75, 3.05) is 32.8 Å². The number of morpholine rings is 1. The highest BCUT2D eigenvalue weighted by Crippen LogP contribution is 2.33. The molecule has 0 radical (unpaired) electrons. The Labute approximate surface area is 184 Å². The summed E-state index contributed by atoms with van der Waals surface area (Å²) in [7, 11) is 0. The predicted octanol–water partition coefficient (Wildman–Crippen LogP) is 5.46. The minimum Gasteiger partial charge on any atom is -0.379 e. The van der Waals surface area contributed by atoms with E-state index in [1.165, 1.54) is 27.9 Å². The molecule has 0 bridgehead atoms. The summed E-state index contributed by atoms with van der Waals surface area (Å²) < 4.78 is 7.84. The molecular weight excluding hydrogens is 392 g/mol. The molecule has 0 aromatic carbocycles. The van der Waals surface area contributed by atoms with Crippen molar-refractivity contribution in [1.82, 2.24) is 9.47 Å². The van der Waals surface area contributed by atoms with E-state index in [9.17, 15) is 4.79 Å². The molecule has 30 heavy (non-hydrogen) atoms. The molecule has 2 aliphatic rings. The van der Waals surface area contributed by atoms with Crippen LogP contribution in [0.4, 0.5) is 0 Å². The van der Waals surface area contributed by atoms with Crippen LogP contribution in [0.3, 0.4) is 0 Å². The first-order valence-electron chi connectivity index (χ1n) is 11.4. The zero-order valence-electron chi connectivity index (χ0n) is 18.5. The summed E-state index contributed by atoms with van der Waals surface area (Å²) in [5.41, 5.74) is 2.66. The molecule has 2 unspecified atom stereocenters. The Morgan fingerprint density at radius 1 is 1.27 bits per heavy atom. The summed E-state index contributed by atoms with van der Waals surface area (Å²) in [5.74, 6) is 0.951. The summed E-state index contributed by atoms with van der Waals surface area (Å²) in [6.07, 6.45) is 9.72. The zero-order valence-corrected chi connectivity index (χ0v) is 19.3. The Morgan fingerprint density at radius 3 is 2.77 bits per heavy atom. The van der Waals surface area contributed by atoms with Crippen molar-refractivity contribution in [2.45, 2.75) is 46.6 Å². The second-order valence-electron chi connectivity index (χ2n) is 8.82. The molecule has 5 heteroatoms. The van der Waals surface area contributed by atoms with Gasteiger partial charge in [-0.1, -0.05) is 44.1 Å². The molecule has 1 aliphatic carbocycles. The highest BCUT2D eigenvalue weighted by atomic mass is 32.1. The minimum atomic E-state index is -0.0173. The van der Waals surface area contributed by atoms with Crippen LogP contribution in [-0.2, 0) is 11.3 Å². The van der Waals surface area contributed by atoms with Crippen molar-refractivity contribution in [1.29, 1.82) is 0 Å². The number of fused-ring (bicyclic) bond motifs is 1. The Balaban J connectivity index is 1.43. The lowest BCUT2D eigenvalue weighted by Gasteiger charge is -2.26. The fourth-order valence-electron chi connectivity index (χ4n) is 4.38. The van der Waals surface area contributed by atoms with E-state index in [0.29, 0.717) is 5.92 Å². The fraction of sp³-hybridized carbons (Fsp3) is 0.560. The van der Waals surface area contributed by atoms with E-state index in [4.69, 9.17) is 4.74 Å². The molecule has 4 rings (SSSR count). The molecule has 1 fully saturated rings. The van der Waals surface area contributed by atoms with Crippen molar-refractivity contribution < 1.29 is 9.53 Å². The number of rotatable bonds is 8. The lowest BCUT2D eigenvalue weighted by atomic mass is 9.88. The number of Topliss-reactive ketones (excluding diaryl/α,β-unsaturated/α-hetero) is 1. The maximum Gasteiger partial charge on any atom is 0.180 e. The lowest BCUT2D eigenvalue weighted by molar-refractivity contribution is 0.0365. The van der Waals surface area contributed by atoms with Crippen LogP contribution in [0.25, 0.3) is 10.2 Å². The average molecular weight is 427 g/mol. The molecule has 0 saturated carbocycles. The third kappa shape index (κ3) is 4.79. The third-order valence-electron chi connectivity index (χ3n) is 6.56. The summed E-state index contributed by atoms with van der Waals surface area (Å²) in [6, 6.07) is 4.33. The number of ether oxygens (including phenoxy) is 1. The Hall–Kier alpha value is -1.69. The molecule has 3 heterocycles. The third-order valence-corrected chi connectivity index (χ3v) is 7.74. The Bertz CT molecular complexity index is 946. The first-order valence-corrected chi connectivity index (χ1v) is 12.2. The van der Waals surface area contributed by atoms with Crippen LogP contribution in [0.1, 0.15) is 48.5 Å². The van der Waals surface area contributed by atoms with Gasteiger partial charge >= 0.3 is 0 Å². The number of aromatic nitrogens is 1. The predicted molar refractivity (Wildman–Crippen MR) is 126 cm³/mol. The molecular formula is C25H34N2O2S. The molecule has 1 saturated heterocycles. The lowest BCUT2D eigenvalue weighted by Crippen LogP contribution is -2.38. The standard InChI is InChI=1S/C25H34N2O2S/c1-4-18(2)15-20-5-7-21(8-6-20)24(28)23-17-22-16-19(3)27(25(22)30-23)10-9-26-11-13-29-14-12-26/h5-7,16-18,21H,4,8-15H2,1-3H3. The van der Waals surface area contributed by atoms with Gasteiger partial charge in [0, 0.05) is 43.2 Å². The topological polar surface area (TPSA) is 34.5 Å². The van der Waals surface area contributed by atoms with E-state index in [1.54, 1.807) is 11.3 Å². The van der Waals surface area contributed by atoms with Crippen LogP contribution < -0.4 is 0 Å². The number of hydrogen-bond donors (Lipinski definition) is 0. The molecule has 0 spiro atoms. The van der Waals surface area contributed by atoms with Gasteiger partial charge in [-0.05, 0) is 37.8 Å². The van der Waals surface area contributed by atoms with Crippen LogP contribution in [0.2, 0.25) is 0 Å².